The van der Waals surface area contributed by atoms with E-state index < -0.39 is 6.10 Å². The van der Waals surface area contributed by atoms with E-state index in [4.69, 9.17) is 0 Å². The number of hydrogen-bond donors (Lipinski definition) is 1. The van der Waals surface area contributed by atoms with Crippen molar-refractivity contribution in [3.05, 3.63) is 36.2 Å². The molecular weight excluding hydrogens is 320 g/mol. The first kappa shape index (κ1) is 16.2. The van der Waals surface area contributed by atoms with Crippen molar-refractivity contribution in [2.24, 2.45) is 0 Å². The molecule has 0 radical (unpaired) electrons. The molecule has 8 heteroatoms. The van der Waals surface area contributed by atoms with Crippen LogP contribution in [-0.4, -0.2) is 79.3 Å². The quantitative estimate of drug-likeness (QED) is 0.865. The fourth-order valence-corrected chi connectivity index (χ4v) is 3.76. The number of tetrazole rings is 1. The lowest BCUT2D eigenvalue weighted by Gasteiger charge is -2.33. The topological polar surface area (TPSA) is 87.4 Å². The highest BCUT2D eigenvalue weighted by Crippen LogP contribution is 2.22. The van der Waals surface area contributed by atoms with Gasteiger partial charge in [0.15, 0.2) is 0 Å². The molecule has 25 heavy (non-hydrogen) atoms. The van der Waals surface area contributed by atoms with E-state index in [1.165, 1.54) is 25.6 Å². The molecule has 132 valence electrons. The highest BCUT2D eigenvalue weighted by atomic mass is 16.3. The van der Waals surface area contributed by atoms with Crippen molar-refractivity contribution in [2.75, 3.05) is 26.2 Å². The maximum Gasteiger partial charge on any atom is 0.253 e. The van der Waals surface area contributed by atoms with Crippen LogP contribution < -0.4 is 0 Å². The largest absolute Gasteiger partial charge is 0.390 e. The molecule has 0 aliphatic carbocycles. The minimum atomic E-state index is -0.470. The summed E-state index contributed by atoms with van der Waals surface area (Å²) in [5, 5.41) is 21.5. The van der Waals surface area contributed by atoms with Crippen LogP contribution in [0.4, 0.5) is 0 Å². The molecule has 0 saturated carbocycles. The van der Waals surface area contributed by atoms with Gasteiger partial charge in [0.05, 0.1) is 17.8 Å². The number of aliphatic hydroxyl groups is 1. The number of carbonyl (C=O) groups is 1. The van der Waals surface area contributed by atoms with Gasteiger partial charge in [0.2, 0.25) is 0 Å². The number of likely N-dealkylation sites (tertiary alicyclic amines) is 2. The van der Waals surface area contributed by atoms with Crippen molar-refractivity contribution in [1.82, 2.24) is 30.0 Å². The molecule has 1 amide bonds. The Labute approximate surface area is 146 Å². The number of amides is 1. The van der Waals surface area contributed by atoms with Crippen LogP contribution in [0.2, 0.25) is 0 Å². The maximum absolute atomic E-state index is 12.8. The van der Waals surface area contributed by atoms with E-state index in [2.05, 4.69) is 20.4 Å². The van der Waals surface area contributed by atoms with Crippen LogP contribution in [0.15, 0.2) is 30.6 Å². The van der Waals surface area contributed by atoms with Gasteiger partial charge in [-0.25, -0.2) is 4.68 Å². The number of carbonyl (C=O) groups excluding carboxylic acids is 1. The predicted octanol–water partition coefficient (Wildman–Crippen LogP) is 0.333. The fourth-order valence-electron chi connectivity index (χ4n) is 3.76. The van der Waals surface area contributed by atoms with Crippen LogP contribution in [0, 0.1) is 0 Å². The first-order valence-electron chi connectivity index (χ1n) is 8.77. The summed E-state index contributed by atoms with van der Waals surface area (Å²) in [4.78, 5) is 16.9. The number of benzene rings is 1. The molecule has 1 aromatic heterocycles. The molecule has 0 bridgehead atoms. The van der Waals surface area contributed by atoms with Crippen molar-refractivity contribution >= 4 is 5.91 Å². The van der Waals surface area contributed by atoms with Gasteiger partial charge in [-0.1, -0.05) is 6.42 Å². The molecular formula is C17H22N6O2. The number of hydrogen-bond acceptors (Lipinski definition) is 6. The van der Waals surface area contributed by atoms with Crippen molar-refractivity contribution in [1.29, 1.82) is 0 Å². The van der Waals surface area contributed by atoms with E-state index in [0.29, 0.717) is 18.7 Å². The lowest BCUT2D eigenvalue weighted by Crippen LogP contribution is -2.46. The molecule has 2 aliphatic rings. The molecule has 3 heterocycles. The summed E-state index contributed by atoms with van der Waals surface area (Å²) in [6.45, 7) is 3.03. The van der Waals surface area contributed by atoms with Crippen molar-refractivity contribution in [2.45, 2.75) is 31.4 Å². The maximum atomic E-state index is 12.8. The number of β-amino-alcohol motifs (C(OH)–C–C–N with tert-alkyl or cyclic N) is 1. The molecule has 2 fully saturated rings. The van der Waals surface area contributed by atoms with Crippen LogP contribution in [0.1, 0.15) is 29.6 Å². The molecule has 1 N–H and O–H groups in total. The smallest absolute Gasteiger partial charge is 0.253 e. The molecule has 2 saturated heterocycles. The molecule has 1 aromatic carbocycles. The molecule has 8 nitrogen and oxygen atoms in total. The van der Waals surface area contributed by atoms with Gasteiger partial charge in [0.1, 0.15) is 6.33 Å². The zero-order valence-electron chi connectivity index (χ0n) is 14.0. The van der Waals surface area contributed by atoms with Crippen LogP contribution in [-0.2, 0) is 0 Å². The van der Waals surface area contributed by atoms with E-state index in [0.717, 1.165) is 18.8 Å². The molecule has 2 aromatic rings. The number of aliphatic hydroxyl groups excluding tert-OH is 1. The predicted molar refractivity (Wildman–Crippen MR) is 90.3 cm³/mol. The van der Waals surface area contributed by atoms with Crippen LogP contribution in [0.3, 0.4) is 0 Å². The zero-order valence-corrected chi connectivity index (χ0v) is 14.0. The van der Waals surface area contributed by atoms with E-state index in [-0.39, 0.29) is 11.9 Å². The van der Waals surface area contributed by atoms with Gasteiger partial charge in [-0.05, 0) is 60.6 Å². The second-order valence-electron chi connectivity index (χ2n) is 6.74. The van der Waals surface area contributed by atoms with Crippen molar-refractivity contribution < 1.29 is 9.90 Å². The first-order chi connectivity index (χ1) is 12.2. The average Bonchev–Trinajstić information content (AvgIpc) is 3.32. The second kappa shape index (κ2) is 6.89. The number of nitrogens with zero attached hydrogens (tertiary/aromatic N) is 6. The Morgan fingerprint density at radius 1 is 1.08 bits per heavy atom. The monoisotopic (exact) mass is 342 g/mol. The normalized spacial score (nSPS) is 24.6. The second-order valence-corrected chi connectivity index (χ2v) is 6.74. The summed E-state index contributed by atoms with van der Waals surface area (Å²) in [6.07, 6.45) is 4.65. The Balaban J connectivity index is 1.44. The molecule has 2 atom stereocenters. The molecule has 4 rings (SSSR count). The van der Waals surface area contributed by atoms with Gasteiger partial charge in [-0.3, -0.25) is 9.69 Å². The summed E-state index contributed by atoms with van der Waals surface area (Å²) in [5.74, 6) is -0.0400. The summed E-state index contributed by atoms with van der Waals surface area (Å²) >= 11 is 0. The Bertz CT molecular complexity index is 711. The molecule has 2 aliphatic heterocycles. The van der Waals surface area contributed by atoms with Gasteiger partial charge < -0.3 is 10.0 Å². The van der Waals surface area contributed by atoms with Crippen molar-refractivity contribution in [3.63, 3.8) is 0 Å². The third-order valence-electron chi connectivity index (χ3n) is 5.13. The van der Waals surface area contributed by atoms with Gasteiger partial charge in [-0.15, -0.1) is 5.10 Å². The highest BCUT2D eigenvalue weighted by molar-refractivity contribution is 5.94. The number of rotatable bonds is 3. The number of aromatic nitrogens is 4. The lowest BCUT2D eigenvalue weighted by molar-refractivity contribution is 0.0702. The Hall–Kier alpha value is -2.32. The Kier molecular flexibility index (Phi) is 4.46. The van der Waals surface area contributed by atoms with E-state index in [9.17, 15) is 9.90 Å². The van der Waals surface area contributed by atoms with Crippen LogP contribution in [0.25, 0.3) is 5.69 Å². The minimum absolute atomic E-state index is 0.0400. The molecule has 0 unspecified atom stereocenters. The SMILES string of the molecule is O=C(c1ccc(-n2cnnn2)cc1)N1C[C@H](O)[C@@H](N2CCCCC2)C1. The molecule has 0 spiro atoms. The van der Waals surface area contributed by atoms with Gasteiger partial charge in [0, 0.05) is 18.7 Å². The van der Waals surface area contributed by atoms with Gasteiger partial charge >= 0.3 is 0 Å². The Morgan fingerprint density at radius 3 is 2.52 bits per heavy atom. The van der Waals surface area contributed by atoms with Crippen LogP contribution >= 0.6 is 0 Å². The van der Waals surface area contributed by atoms with Gasteiger partial charge in [-0.2, -0.15) is 0 Å². The van der Waals surface area contributed by atoms with E-state index >= 15 is 0 Å². The summed E-state index contributed by atoms with van der Waals surface area (Å²) in [6, 6.07) is 7.25. The van der Waals surface area contributed by atoms with Crippen LogP contribution in [0.5, 0.6) is 0 Å². The third kappa shape index (κ3) is 3.27. The summed E-state index contributed by atoms with van der Waals surface area (Å²) in [5.41, 5.74) is 1.41. The fraction of sp³-hybridized carbons (Fsp3) is 0.529. The minimum Gasteiger partial charge on any atom is -0.390 e. The number of piperidine rings is 1. The highest BCUT2D eigenvalue weighted by Gasteiger charge is 2.38. The first-order valence-corrected chi connectivity index (χ1v) is 8.77. The lowest BCUT2D eigenvalue weighted by atomic mass is 10.1. The zero-order chi connectivity index (χ0) is 17.2. The third-order valence-corrected chi connectivity index (χ3v) is 5.13. The van der Waals surface area contributed by atoms with Crippen molar-refractivity contribution in [3.8, 4) is 5.69 Å². The van der Waals surface area contributed by atoms with Gasteiger partial charge in [0.25, 0.3) is 5.91 Å². The van der Waals surface area contributed by atoms with E-state index in [1.54, 1.807) is 21.7 Å². The van der Waals surface area contributed by atoms with E-state index in [1.807, 2.05) is 12.1 Å². The summed E-state index contributed by atoms with van der Waals surface area (Å²) < 4.78 is 1.54. The standard InChI is InChI=1S/C17H22N6O2/c24-16-11-22(10-15(16)21-8-2-1-3-9-21)17(25)13-4-6-14(7-5-13)23-12-18-19-20-23/h4-7,12,15-16,24H,1-3,8-11H2/t15-,16-/m0/s1. The Morgan fingerprint density at radius 2 is 1.84 bits per heavy atom. The summed E-state index contributed by atoms with van der Waals surface area (Å²) in [7, 11) is 0. The average molecular weight is 342 g/mol.